The zero-order chi connectivity index (χ0) is 16.0. The first-order valence-corrected chi connectivity index (χ1v) is 7.28. The van der Waals surface area contributed by atoms with Crippen LogP contribution in [0, 0.1) is 26.2 Å². The number of hydrogen-bond acceptors (Lipinski definition) is 4. The van der Waals surface area contributed by atoms with Crippen molar-refractivity contribution in [3.05, 3.63) is 46.1 Å². The fourth-order valence-corrected chi connectivity index (χ4v) is 1.99. The number of hydrogen-bond donors (Lipinski definition) is 0. The number of halogens is 1. The molecule has 0 saturated carbocycles. The predicted octanol–water partition coefficient (Wildman–Crippen LogP) is 3.99. The molecule has 0 aliphatic rings. The number of benzene rings is 1. The molecule has 0 N–H and O–H groups in total. The molecule has 0 fully saturated rings. The normalized spacial score (nSPS) is 12.4. The molecule has 1 aromatic rings. The number of rotatable bonds is 6. The molecule has 0 radical (unpaired) electrons. The van der Waals surface area contributed by atoms with Crippen LogP contribution in [0.5, 0.6) is 11.5 Å². The molecule has 0 amide bonds. The van der Waals surface area contributed by atoms with E-state index in [1.807, 2.05) is 12.1 Å². The Balaban J connectivity index is 2.94. The van der Waals surface area contributed by atoms with Gasteiger partial charge >= 0.3 is 0 Å². The summed E-state index contributed by atoms with van der Waals surface area (Å²) in [5.41, 5.74) is 0.701. The molecule has 1 rings (SSSR count). The monoisotopic (exact) mass is 394 g/mol. The summed E-state index contributed by atoms with van der Waals surface area (Å²) in [5, 5.41) is 17.6. The summed E-state index contributed by atoms with van der Waals surface area (Å²) >= 11 is 2.10. The SMILES string of the molecule is C=C(C#N)[C@@H](C)Oc1cccc(O[C@H](C)C(=C)C#N)c1I. The highest BCUT2D eigenvalue weighted by molar-refractivity contribution is 14.1. The maximum Gasteiger partial charge on any atom is 0.137 e. The molecule has 0 heterocycles. The van der Waals surface area contributed by atoms with Crippen LogP contribution in [0.2, 0.25) is 0 Å². The second kappa shape index (κ2) is 7.70. The summed E-state index contributed by atoms with van der Waals surface area (Å²) < 4.78 is 12.2. The minimum Gasteiger partial charge on any atom is -0.484 e. The van der Waals surface area contributed by atoms with E-state index < -0.39 is 12.2 Å². The summed E-state index contributed by atoms with van der Waals surface area (Å²) in [6, 6.07) is 9.32. The first kappa shape index (κ1) is 17.1. The lowest BCUT2D eigenvalue weighted by Gasteiger charge is -2.18. The smallest absolute Gasteiger partial charge is 0.137 e. The van der Waals surface area contributed by atoms with E-state index in [1.165, 1.54) is 0 Å². The lowest BCUT2D eigenvalue weighted by Crippen LogP contribution is -2.16. The van der Waals surface area contributed by atoms with Gasteiger partial charge in [0.2, 0.25) is 0 Å². The molecular weight excluding hydrogens is 379 g/mol. The molecule has 0 aliphatic carbocycles. The van der Waals surface area contributed by atoms with Crippen LogP contribution in [-0.4, -0.2) is 12.2 Å². The van der Waals surface area contributed by atoms with E-state index in [0.717, 1.165) is 3.57 Å². The molecule has 0 bridgehead atoms. The third-order valence-electron chi connectivity index (χ3n) is 2.80. The van der Waals surface area contributed by atoms with Crippen molar-refractivity contribution in [3.8, 4) is 23.6 Å². The summed E-state index contributed by atoms with van der Waals surface area (Å²) in [7, 11) is 0. The zero-order valence-corrected chi connectivity index (χ0v) is 14.0. The van der Waals surface area contributed by atoms with Crippen LogP contribution >= 0.6 is 22.6 Å². The highest BCUT2D eigenvalue weighted by atomic mass is 127. The van der Waals surface area contributed by atoms with Crippen molar-refractivity contribution in [1.29, 1.82) is 10.5 Å². The minimum atomic E-state index is -0.412. The van der Waals surface area contributed by atoms with Gasteiger partial charge in [-0.3, -0.25) is 0 Å². The standard InChI is InChI=1S/C16H15IN2O2/c1-10(8-18)12(3)20-14-6-5-7-15(16(14)17)21-13(4)11(2)9-19/h5-7,12-13H,1-2H2,3-4H3/t12-,13-/m1/s1. The van der Waals surface area contributed by atoms with Crippen molar-refractivity contribution in [2.24, 2.45) is 0 Å². The molecule has 0 unspecified atom stereocenters. The molecule has 21 heavy (non-hydrogen) atoms. The van der Waals surface area contributed by atoms with Gasteiger partial charge in [0.15, 0.2) is 0 Å². The van der Waals surface area contributed by atoms with Crippen molar-refractivity contribution in [2.45, 2.75) is 26.1 Å². The van der Waals surface area contributed by atoms with E-state index >= 15 is 0 Å². The summed E-state index contributed by atoms with van der Waals surface area (Å²) in [5.74, 6) is 1.21. The summed E-state index contributed by atoms with van der Waals surface area (Å²) in [4.78, 5) is 0. The average molecular weight is 394 g/mol. The Labute approximate surface area is 138 Å². The van der Waals surface area contributed by atoms with Crippen LogP contribution in [0.25, 0.3) is 0 Å². The molecule has 0 aromatic heterocycles. The third kappa shape index (κ3) is 4.51. The highest BCUT2D eigenvalue weighted by Crippen LogP contribution is 2.32. The van der Waals surface area contributed by atoms with Gasteiger partial charge in [0, 0.05) is 0 Å². The Morgan fingerprint density at radius 1 is 1.05 bits per heavy atom. The van der Waals surface area contributed by atoms with Crippen LogP contribution in [0.1, 0.15) is 13.8 Å². The van der Waals surface area contributed by atoms with Crippen LogP contribution in [0.15, 0.2) is 42.5 Å². The molecular formula is C16H15IN2O2. The van der Waals surface area contributed by atoms with Gasteiger partial charge in [-0.05, 0) is 48.6 Å². The Morgan fingerprint density at radius 3 is 1.76 bits per heavy atom. The van der Waals surface area contributed by atoms with Crippen LogP contribution < -0.4 is 9.47 Å². The van der Waals surface area contributed by atoms with Gasteiger partial charge in [0.05, 0.1) is 26.9 Å². The molecule has 0 saturated heterocycles. The third-order valence-corrected chi connectivity index (χ3v) is 3.87. The first-order chi connectivity index (χ1) is 9.90. The minimum absolute atomic E-state index is 0.350. The number of nitriles is 2. The van der Waals surface area contributed by atoms with E-state index in [4.69, 9.17) is 20.0 Å². The first-order valence-electron chi connectivity index (χ1n) is 6.20. The van der Waals surface area contributed by atoms with Crippen LogP contribution in [-0.2, 0) is 0 Å². The van der Waals surface area contributed by atoms with Gasteiger partial charge in [-0.2, -0.15) is 10.5 Å². The van der Waals surface area contributed by atoms with Gasteiger partial charge in [0.25, 0.3) is 0 Å². The van der Waals surface area contributed by atoms with Gasteiger partial charge in [-0.25, -0.2) is 0 Å². The molecule has 0 spiro atoms. The molecule has 108 valence electrons. The quantitative estimate of drug-likeness (QED) is 0.541. The Bertz CT molecular complexity index is 588. The van der Waals surface area contributed by atoms with E-state index in [2.05, 4.69) is 35.7 Å². The van der Waals surface area contributed by atoms with Gasteiger partial charge < -0.3 is 9.47 Å². The average Bonchev–Trinajstić information content (AvgIpc) is 2.49. The second-order valence-corrected chi connectivity index (χ2v) is 5.44. The fraction of sp³-hybridized carbons (Fsp3) is 0.250. The fourth-order valence-electron chi connectivity index (χ4n) is 1.38. The lowest BCUT2D eigenvalue weighted by molar-refractivity contribution is 0.245. The van der Waals surface area contributed by atoms with E-state index in [1.54, 1.807) is 32.0 Å². The Morgan fingerprint density at radius 2 is 1.43 bits per heavy atom. The maximum atomic E-state index is 8.82. The lowest BCUT2D eigenvalue weighted by atomic mass is 10.2. The maximum absolute atomic E-state index is 8.82. The zero-order valence-electron chi connectivity index (χ0n) is 11.9. The van der Waals surface area contributed by atoms with Gasteiger partial charge in [-0.1, -0.05) is 19.2 Å². The van der Waals surface area contributed by atoms with Crippen LogP contribution in [0.4, 0.5) is 0 Å². The van der Waals surface area contributed by atoms with Crippen molar-refractivity contribution < 1.29 is 9.47 Å². The Hall–Kier alpha value is -1.99. The van der Waals surface area contributed by atoms with Gasteiger partial charge in [0.1, 0.15) is 23.7 Å². The van der Waals surface area contributed by atoms with Crippen molar-refractivity contribution >= 4 is 22.6 Å². The topological polar surface area (TPSA) is 66.0 Å². The summed E-state index contributed by atoms with van der Waals surface area (Å²) in [6.07, 6.45) is -0.824. The molecule has 1 aromatic carbocycles. The number of nitrogens with zero attached hydrogens (tertiary/aromatic N) is 2. The highest BCUT2D eigenvalue weighted by Gasteiger charge is 2.15. The van der Waals surface area contributed by atoms with E-state index in [9.17, 15) is 0 Å². The van der Waals surface area contributed by atoms with Gasteiger partial charge in [-0.15, -0.1) is 0 Å². The summed E-state index contributed by atoms with van der Waals surface area (Å²) in [6.45, 7) is 10.8. The van der Waals surface area contributed by atoms with E-state index in [-0.39, 0.29) is 0 Å². The molecule has 4 nitrogen and oxygen atoms in total. The Kier molecular flexibility index (Phi) is 6.26. The van der Waals surface area contributed by atoms with Crippen molar-refractivity contribution in [1.82, 2.24) is 0 Å². The van der Waals surface area contributed by atoms with Crippen molar-refractivity contribution in [2.75, 3.05) is 0 Å². The molecule has 0 aliphatic heterocycles. The van der Waals surface area contributed by atoms with E-state index in [0.29, 0.717) is 22.6 Å². The molecule has 2 atom stereocenters. The number of ether oxygens (including phenoxy) is 2. The van der Waals surface area contributed by atoms with Crippen molar-refractivity contribution in [3.63, 3.8) is 0 Å². The van der Waals surface area contributed by atoms with Crippen LogP contribution in [0.3, 0.4) is 0 Å². The largest absolute Gasteiger partial charge is 0.484 e. The second-order valence-electron chi connectivity index (χ2n) is 4.36. The predicted molar refractivity (Wildman–Crippen MR) is 88.8 cm³/mol. The molecule has 5 heteroatoms.